The van der Waals surface area contributed by atoms with E-state index in [1.54, 1.807) is 0 Å². The Bertz CT molecular complexity index is 418. The van der Waals surface area contributed by atoms with Gasteiger partial charge in [-0.15, -0.1) is 11.3 Å². The zero-order valence-corrected chi connectivity index (χ0v) is 11.6. The lowest BCUT2D eigenvalue weighted by Gasteiger charge is -2.38. The minimum Gasteiger partial charge on any atom is -0.477 e. The first-order chi connectivity index (χ1) is 8.61. The molecular formula is C13H19NO3S. The molecule has 0 aromatic carbocycles. The predicted molar refractivity (Wildman–Crippen MR) is 71.2 cm³/mol. The second-order valence-corrected chi connectivity index (χ2v) is 5.63. The second kappa shape index (κ2) is 5.82. The van der Waals surface area contributed by atoms with Gasteiger partial charge >= 0.3 is 5.97 Å². The average Bonchev–Trinajstić information content (AvgIpc) is 2.77. The summed E-state index contributed by atoms with van der Waals surface area (Å²) >= 11 is 1.30. The van der Waals surface area contributed by atoms with Crippen molar-refractivity contribution in [2.75, 3.05) is 13.2 Å². The van der Waals surface area contributed by atoms with Gasteiger partial charge in [0, 0.05) is 19.1 Å². The Morgan fingerprint density at radius 2 is 2.44 bits per heavy atom. The standard InChI is InChI=1S/C13H19NO3S/c1-3-11-8-17-9(2)6-14(11)7-10-4-5-18-12(10)13(15)16/h4-5,9,11H,3,6-8H2,1-2H3,(H,15,16). The van der Waals surface area contributed by atoms with Gasteiger partial charge in [-0.1, -0.05) is 6.92 Å². The molecule has 1 aliphatic heterocycles. The number of carboxylic acids is 1. The maximum Gasteiger partial charge on any atom is 0.346 e. The fourth-order valence-electron chi connectivity index (χ4n) is 2.35. The zero-order chi connectivity index (χ0) is 13.1. The summed E-state index contributed by atoms with van der Waals surface area (Å²) in [5, 5.41) is 11.0. The van der Waals surface area contributed by atoms with Crippen LogP contribution in [0.1, 0.15) is 35.5 Å². The van der Waals surface area contributed by atoms with Crippen molar-refractivity contribution in [1.82, 2.24) is 4.90 Å². The van der Waals surface area contributed by atoms with Crippen LogP contribution in [0.25, 0.3) is 0 Å². The second-order valence-electron chi connectivity index (χ2n) is 4.72. The summed E-state index contributed by atoms with van der Waals surface area (Å²) in [6.45, 7) is 6.52. The van der Waals surface area contributed by atoms with Crippen LogP contribution < -0.4 is 0 Å². The molecule has 100 valence electrons. The number of hydrogen-bond acceptors (Lipinski definition) is 4. The minimum atomic E-state index is -0.825. The van der Waals surface area contributed by atoms with E-state index in [-0.39, 0.29) is 6.10 Å². The van der Waals surface area contributed by atoms with Gasteiger partial charge in [-0.05, 0) is 30.4 Å². The number of carboxylic acid groups (broad SMARTS) is 1. The van der Waals surface area contributed by atoms with E-state index in [2.05, 4.69) is 18.7 Å². The number of carbonyl (C=O) groups is 1. The Labute approximate surface area is 111 Å². The maximum absolute atomic E-state index is 11.1. The Morgan fingerprint density at radius 1 is 1.67 bits per heavy atom. The van der Waals surface area contributed by atoms with Gasteiger partial charge in [0.15, 0.2) is 0 Å². The van der Waals surface area contributed by atoms with E-state index in [4.69, 9.17) is 9.84 Å². The summed E-state index contributed by atoms with van der Waals surface area (Å²) in [6.07, 6.45) is 1.25. The van der Waals surface area contributed by atoms with Gasteiger partial charge in [-0.25, -0.2) is 4.79 Å². The van der Waals surface area contributed by atoms with Crippen molar-refractivity contribution in [3.63, 3.8) is 0 Å². The smallest absolute Gasteiger partial charge is 0.346 e. The summed E-state index contributed by atoms with van der Waals surface area (Å²) in [5.74, 6) is -0.825. The molecule has 0 aliphatic carbocycles. The van der Waals surface area contributed by atoms with Gasteiger partial charge < -0.3 is 9.84 Å². The number of thiophene rings is 1. The highest BCUT2D eigenvalue weighted by Crippen LogP contribution is 2.22. The molecule has 0 saturated carbocycles. The first-order valence-corrected chi connectivity index (χ1v) is 7.15. The maximum atomic E-state index is 11.1. The molecule has 18 heavy (non-hydrogen) atoms. The molecule has 1 N–H and O–H groups in total. The van der Waals surface area contributed by atoms with Crippen molar-refractivity contribution in [1.29, 1.82) is 0 Å². The predicted octanol–water partition coefficient (Wildman–Crippen LogP) is 2.45. The van der Waals surface area contributed by atoms with E-state index in [0.717, 1.165) is 25.1 Å². The van der Waals surface area contributed by atoms with Gasteiger partial charge in [-0.2, -0.15) is 0 Å². The molecule has 0 spiro atoms. The zero-order valence-electron chi connectivity index (χ0n) is 10.8. The topological polar surface area (TPSA) is 49.8 Å². The van der Waals surface area contributed by atoms with Crippen LogP contribution in [-0.4, -0.2) is 41.3 Å². The fraction of sp³-hybridized carbons (Fsp3) is 0.615. The van der Waals surface area contributed by atoms with Crippen LogP contribution in [0.2, 0.25) is 0 Å². The van der Waals surface area contributed by atoms with Crippen LogP contribution in [0.3, 0.4) is 0 Å². The summed E-state index contributed by atoms with van der Waals surface area (Å²) in [7, 11) is 0. The van der Waals surface area contributed by atoms with E-state index in [0.29, 0.717) is 17.5 Å². The highest BCUT2D eigenvalue weighted by molar-refractivity contribution is 7.12. The SMILES string of the molecule is CCC1COC(C)CN1Cc1ccsc1C(=O)O. The monoisotopic (exact) mass is 269 g/mol. The minimum absolute atomic E-state index is 0.222. The van der Waals surface area contributed by atoms with E-state index >= 15 is 0 Å². The number of rotatable bonds is 4. The van der Waals surface area contributed by atoms with Crippen molar-refractivity contribution >= 4 is 17.3 Å². The first-order valence-electron chi connectivity index (χ1n) is 6.27. The molecular weight excluding hydrogens is 250 g/mol. The molecule has 4 nitrogen and oxygen atoms in total. The molecule has 1 saturated heterocycles. The normalized spacial score (nSPS) is 25.2. The van der Waals surface area contributed by atoms with Crippen LogP contribution in [0.4, 0.5) is 0 Å². The van der Waals surface area contributed by atoms with Gasteiger partial charge in [0.1, 0.15) is 4.88 Å². The molecule has 2 heterocycles. The molecule has 0 bridgehead atoms. The van der Waals surface area contributed by atoms with Crippen molar-refractivity contribution in [2.24, 2.45) is 0 Å². The number of aromatic carboxylic acids is 1. The molecule has 0 radical (unpaired) electrons. The van der Waals surface area contributed by atoms with Gasteiger partial charge in [0.25, 0.3) is 0 Å². The molecule has 5 heteroatoms. The number of morpholine rings is 1. The molecule has 1 aromatic rings. The van der Waals surface area contributed by atoms with Crippen LogP contribution in [0.5, 0.6) is 0 Å². The molecule has 1 aliphatic rings. The average molecular weight is 269 g/mol. The highest BCUT2D eigenvalue weighted by atomic mass is 32.1. The van der Waals surface area contributed by atoms with Crippen molar-refractivity contribution in [3.05, 3.63) is 21.9 Å². The number of ether oxygens (including phenoxy) is 1. The van der Waals surface area contributed by atoms with E-state index < -0.39 is 5.97 Å². The molecule has 2 unspecified atom stereocenters. The molecule has 0 amide bonds. The largest absolute Gasteiger partial charge is 0.477 e. The highest BCUT2D eigenvalue weighted by Gasteiger charge is 2.26. The Hall–Kier alpha value is -0.910. The Balaban J connectivity index is 2.10. The lowest BCUT2D eigenvalue weighted by Crippen LogP contribution is -2.47. The van der Waals surface area contributed by atoms with Gasteiger partial charge in [-0.3, -0.25) is 4.90 Å². The third kappa shape index (κ3) is 2.91. The third-order valence-electron chi connectivity index (χ3n) is 3.37. The molecule has 1 fully saturated rings. The van der Waals surface area contributed by atoms with Crippen LogP contribution in [0, 0.1) is 0 Å². The summed E-state index contributed by atoms with van der Waals surface area (Å²) in [4.78, 5) is 13.9. The molecule has 1 aromatic heterocycles. The molecule has 2 rings (SSSR count). The summed E-state index contributed by atoms with van der Waals surface area (Å²) in [5.41, 5.74) is 0.917. The molecule has 2 atom stereocenters. The van der Waals surface area contributed by atoms with Gasteiger partial charge in [0.2, 0.25) is 0 Å². The Morgan fingerprint density at radius 3 is 3.11 bits per heavy atom. The van der Waals surface area contributed by atoms with E-state index in [1.165, 1.54) is 11.3 Å². The lowest BCUT2D eigenvalue weighted by molar-refractivity contribution is -0.0592. The van der Waals surface area contributed by atoms with Gasteiger partial charge in [0.05, 0.1) is 12.7 Å². The van der Waals surface area contributed by atoms with E-state index in [9.17, 15) is 4.79 Å². The van der Waals surface area contributed by atoms with Crippen molar-refractivity contribution in [3.8, 4) is 0 Å². The lowest BCUT2D eigenvalue weighted by atomic mass is 10.1. The van der Waals surface area contributed by atoms with Crippen molar-refractivity contribution in [2.45, 2.75) is 39.0 Å². The van der Waals surface area contributed by atoms with Crippen LogP contribution in [0.15, 0.2) is 11.4 Å². The Kier molecular flexibility index (Phi) is 4.37. The van der Waals surface area contributed by atoms with E-state index in [1.807, 2.05) is 11.4 Å². The first kappa shape index (κ1) is 13.5. The van der Waals surface area contributed by atoms with Crippen molar-refractivity contribution < 1.29 is 14.6 Å². The van der Waals surface area contributed by atoms with Crippen LogP contribution in [-0.2, 0) is 11.3 Å². The quantitative estimate of drug-likeness (QED) is 0.912. The number of nitrogens with zero attached hydrogens (tertiary/aromatic N) is 1. The van der Waals surface area contributed by atoms with Crippen LogP contribution >= 0.6 is 11.3 Å². The fourth-order valence-corrected chi connectivity index (χ4v) is 3.10. The third-order valence-corrected chi connectivity index (χ3v) is 4.31. The summed E-state index contributed by atoms with van der Waals surface area (Å²) in [6, 6.07) is 2.31. The number of hydrogen-bond donors (Lipinski definition) is 1. The summed E-state index contributed by atoms with van der Waals surface area (Å²) < 4.78 is 5.65.